The summed E-state index contributed by atoms with van der Waals surface area (Å²) in [6, 6.07) is 0. The van der Waals surface area contributed by atoms with Crippen LogP contribution >= 0.6 is 0 Å². The summed E-state index contributed by atoms with van der Waals surface area (Å²) in [6.07, 6.45) is 0. The maximum Gasteiger partial charge on any atom is 0.150 e. The molecular formula is C7H12N4. The van der Waals surface area contributed by atoms with Crippen molar-refractivity contribution in [3.05, 3.63) is 16.8 Å². The largest absolute Gasteiger partial charge is 0.382 e. The van der Waals surface area contributed by atoms with Crippen LogP contribution < -0.4 is 11.5 Å². The number of aryl methyl sites for hydroxylation is 1. The normalized spacial score (nSPS) is 10.1. The zero-order valence-corrected chi connectivity index (χ0v) is 6.76. The molecule has 0 aliphatic heterocycles. The van der Waals surface area contributed by atoms with Crippen molar-refractivity contribution in [3.8, 4) is 0 Å². The molecule has 0 saturated heterocycles. The Balaban J connectivity index is 3.29. The maximum atomic E-state index is 5.55. The van der Waals surface area contributed by atoms with Crippen LogP contribution in [0.15, 0.2) is 0 Å². The van der Waals surface area contributed by atoms with Crippen molar-refractivity contribution >= 4 is 5.82 Å². The van der Waals surface area contributed by atoms with Crippen LogP contribution in [0.3, 0.4) is 0 Å². The van der Waals surface area contributed by atoms with Crippen LogP contribution in [0.25, 0.3) is 0 Å². The minimum atomic E-state index is 0.425. The van der Waals surface area contributed by atoms with E-state index in [0.717, 1.165) is 16.8 Å². The summed E-state index contributed by atoms with van der Waals surface area (Å²) in [7, 11) is 0. The summed E-state index contributed by atoms with van der Waals surface area (Å²) in [6.45, 7) is 4.26. The van der Waals surface area contributed by atoms with E-state index in [0.29, 0.717) is 12.4 Å². The number of nitrogens with zero attached hydrogens (tertiary/aromatic N) is 2. The standard InChI is InChI=1S/C7H12N4/c1-4-5(2)10-11-7(9)6(4)3-8/h3,8H2,1-2H3,(H2,9,11). The van der Waals surface area contributed by atoms with Gasteiger partial charge in [-0.05, 0) is 19.4 Å². The van der Waals surface area contributed by atoms with Crippen LogP contribution in [0.2, 0.25) is 0 Å². The monoisotopic (exact) mass is 152 g/mol. The van der Waals surface area contributed by atoms with Gasteiger partial charge in [0.1, 0.15) is 0 Å². The van der Waals surface area contributed by atoms with Gasteiger partial charge >= 0.3 is 0 Å². The van der Waals surface area contributed by atoms with Crippen LogP contribution in [-0.2, 0) is 6.54 Å². The molecule has 0 fully saturated rings. The molecule has 11 heavy (non-hydrogen) atoms. The third kappa shape index (κ3) is 1.30. The lowest BCUT2D eigenvalue weighted by Crippen LogP contribution is -2.09. The minimum Gasteiger partial charge on any atom is -0.382 e. The predicted molar refractivity (Wildman–Crippen MR) is 43.8 cm³/mol. The molecule has 0 aromatic carbocycles. The molecule has 0 bridgehead atoms. The lowest BCUT2D eigenvalue weighted by atomic mass is 10.1. The van der Waals surface area contributed by atoms with E-state index in [2.05, 4.69) is 10.2 Å². The highest BCUT2D eigenvalue weighted by molar-refractivity contribution is 5.44. The van der Waals surface area contributed by atoms with E-state index in [4.69, 9.17) is 11.5 Å². The Labute approximate surface area is 65.6 Å². The van der Waals surface area contributed by atoms with Crippen LogP contribution in [0.1, 0.15) is 16.8 Å². The molecule has 4 N–H and O–H groups in total. The van der Waals surface area contributed by atoms with E-state index >= 15 is 0 Å². The first kappa shape index (κ1) is 7.94. The Bertz CT molecular complexity index is 269. The lowest BCUT2D eigenvalue weighted by Gasteiger charge is -2.06. The van der Waals surface area contributed by atoms with Crippen molar-refractivity contribution in [2.75, 3.05) is 5.73 Å². The van der Waals surface area contributed by atoms with Crippen LogP contribution in [0.5, 0.6) is 0 Å². The zero-order chi connectivity index (χ0) is 8.43. The summed E-state index contributed by atoms with van der Waals surface area (Å²) >= 11 is 0. The van der Waals surface area contributed by atoms with Gasteiger partial charge in [-0.15, -0.1) is 5.10 Å². The van der Waals surface area contributed by atoms with Crippen LogP contribution in [0, 0.1) is 13.8 Å². The highest BCUT2D eigenvalue weighted by Gasteiger charge is 2.05. The smallest absolute Gasteiger partial charge is 0.150 e. The van der Waals surface area contributed by atoms with Gasteiger partial charge in [-0.3, -0.25) is 0 Å². The molecule has 1 aromatic heterocycles. The lowest BCUT2D eigenvalue weighted by molar-refractivity contribution is 0.919. The molecule has 1 rings (SSSR count). The van der Waals surface area contributed by atoms with E-state index in [-0.39, 0.29) is 0 Å². The third-order valence-electron chi connectivity index (χ3n) is 1.82. The van der Waals surface area contributed by atoms with Gasteiger partial charge in [0, 0.05) is 12.1 Å². The molecule has 0 aliphatic carbocycles. The third-order valence-corrected chi connectivity index (χ3v) is 1.82. The number of anilines is 1. The van der Waals surface area contributed by atoms with Crippen molar-refractivity contribution in [2.45, 2.75) is 20.4 Å². The second-order valence-electron chi connectivity index (χ2n) is 2.48. The van der Waals surface area contributed by atoms with Gasteiger partial charge in [0.2, 0.25) is 0 Å². The number of rotatable bonds is 1. The fourth-order valence-electron chi connectivity index (χ4n) is 0.932. The second kappa shape index (κ2) is 2.84. The van der Waals surface area contributed by atoms with E-state index in [1.165, 1.54) is 0 Å². The van der Waals surface area contributed by atoms with Gasteiger partial charge in [-0.25, -0.2) is 0 Å². The van der Waals surface area contributed by atoms with Crippen molar-refractivity contribution in [1.82, 2.24) is 10.2 Å². The van der Waals surface area contributed by atoms with Gasteiger partial charge in [-0.1, -0.05) is 0 Å². The molecule has 4 nitrogen and oxygen atoms in total. The molecule has 0 unspecified atom stereocenters. The molecule has 1 heterocycles. The first-order valence-corrected chi connectivity index (χ1v) is 3.45. The van der Waals surface area contributed by atoms with E-state index in [1.54, 1.807) is 0 Å². The SMILES string of the molecule is Cc1nnc(N)c(CN)c1C. The number of aromatic nitrogens is 2. The molecule has 60 valence electrons. The van der Waals surface area contributed by atoms with Gasteiger partial charge in [-0.2, -0.15) is 5.10 Å². The Morgan fingerprint density at radius 3 is 2.36 bits per heavy atom. The van der Waals surface area contributed by atoms with E-state index < -0.39 is 0 Å². The van der Waals surface area contributed by atoms with E-state index in [9.17, 15) is 0 Å². The summed E-state index contributed by atoms with van der Waals surface area (Å²) < 4.78 is 0. The zero-order valence-electron chi connectivity index (χ0n) is 6.76. The summed E-state index contributed by atoms with van der Waals surface area (Å²) in [4.78, 5) is 0. The Morgan fingerprint density at radius 2 is 1.91 bits per heavy atom. The molecule has 0 radical (unpaired) electrons. The quantitative estimate of drug-likeness (QED) is 0.599. The average Bonchev–Trinajstić information content (AvgIpc) is 1.99. The number of hydrogen-bond donors (Lipinski definition) is 2. The topological polar surface area (TPSA) is 77.8 Å². The Hall–Kier alpha value is -1.16. The maximum absolute atomic E-state index is 5.55. The Kier molecular flexibility index (Phi) is 2.05. The van der Waals surface area contributed by atoms with Gasteiger partial charge in [0.25, 0.3) is 0 Å². The Morgan fingerprint density at radius 1 is 1.27 bits per heavy atom. The molecule has 0 spiro atoms. The molecular weight excluding hydrogens is 140 g/mol. The van der Waals surface area contributed by atoms with Crippen molar-refractivity contribution < 1.29 is 0 Å². The fourth-order valence-corrected chi connectivity index (χ4v) is 0.932. The molecule has 1 aromatic rings. The number of nitrogen functional groups attached to an aromatic ring is 1. The van der Waals surface area contributed by atoms with Crippen LogP contribution in [0.4, 0.5) is 5.82 Å². The van der Waals surface area contributed by atoms with Crippen molar-refractivity contribution in [3.63, 3.8) is 0 Å². The average molecular weight is 152 g/mol. The second-order valence-corrected chi connectivity index (χ2v) is 2.48. The molecule has 0 saturated carbocycles. The van der Waals surface area contributed by atoms with Crippen molar-refractivity contribution in [1.29, 1.82) is 0 Å². The van der Waals surface area contributed by atoms with Crippen LogP contribution in [-0.4, -0.2) is 10.2 Å². The summed E-state index contributed by atoms with van der Waals surface area (Å²) in [5.41, 5.74) is 13.9. The van der Waals surface area contributed by atoms with Gasteiger partial charge in [0.15, 0.2) is 5.82 Å². The molecule has 0 amide bonds. The molecule has 4 heteroatoms. The fraction of sp³-hybridized carbons (Fsp3) is 0.429. The van der Waals surface area contributed by atoms with E-state index in [1.807, 2.05) is 13.8 Å². The number of hydrogen-bond acceptors (Lipinski definition) is 4. The highest BCUT2D eigenvalue weighted by atomic mass is 15.1. The summed E-state index contributed by atoms with van der Waals surface area (Å²) in [5.74, 6) is 0.440. The summed E-state index contributed by atoms with van der Waals surface area (Å²) in [5, 5.41) is 7.61. The minimum absolute atomic E-state index is 0.425. The van der Waals surface area contributed by atoms with Gasteiger partial charge < -0.3 is 11.5 Å². The highest BCUT2D eigenvalue weighted by Crippen LogP contribution is 2.13. The molecule has 0 aliphatic rings. The predicted octanol–water partition coefficient (Wildman–Crippen LogP) is 0.134. The molecule has 0 atom stereocenters. The first-order chi connectivity index (χ1) is 5.16. The van der Waals surface area contributed by atoms with Crippen molar-refractivity contribution in [2.24, 2.45) is 5.73 Å². The number of nitrogens with two attached hydrogens (primary N) is 2. The van der Waals surface area contributed by atoms with Gasteiger partial charge in [0.05, 0.1) is 5.69 Å². The first-order valence-electron chi connectivity index (χ1n) is 3.45.